The van der Waals surface area contributed by atoms with E-state index in [2.05, 4.69) is 18.8 Å². The minimum Gasteiger partial charge on any atom is -0.330 e. The third-order valence-corrected chi connectivity index (χ3v) is 3.53. The Morgan fingerprint density at radius 2 is 2.07 bits per heavy atom. The van der Waals surface area contributed by atoms with E-state index in [0.29, 0.717) is 0 Å². The van der Waals surface area contributed by atoms with Crippen LogP contribution in [0.1, 0.15) is 42.3 Å². The summed E-state index contributed by atoms with van der Waals surface area (Å²) in [6.07, 6.45) is 5.55. The van der Waals surface area contributed by atoms with Gasteiger partial charge in [0.05, 0.1) is 10.7 Å². The van der Waals surface area contributed by atoms with E-state index >= 15 is 0 Å². The maximum atomic E-state index is 5.49. The SMILES string of the molecule is CCCc1nc(CCCN)sc1CC. The molecule has 14 heavy (non-hydrogen) atoms. The van der Waals surface area contributed by atoms with E-state index in [-0.39, 0.29) is 0 Å². The first kappa shape index (κ1) is 11.7. The van der Waals surface area contributed by atoms with E-state index in [4.69, 9.17) is 5.73 Å². The van der Waals surface area contributed by atoms with Crippen LogP contribution in [0, 0.1) is 0 Å². The summed E-state index contributed by atoms with van der Waals surface area (Å²) in [5.74, 6) is 0. The van der Waals surface area contributed by atoms with Crippen LogP contribution >= 0.6 is 11.3 Å². The molecular formula is C11H20N2S. The monoisotopic (exact) mass is 212 g/mol. The van der Waals surface area contributed by atoms with Crippen molar-refractivity contribution < 1.29 is 0 Å². The topological polar surface area (TPSA) is 38.9 Å². The first-order valence-electron chi connectivity index (χ1n) is 5.49. The summed E-state index contributed by atoms with van der Waals surface area (Å²) in [5, 5.41) is 1.27. The Morgan fingerprint density at radius 1 is 1.29 bits per heavy atom. The molecule has 0 radical (unpaired) electrons. The molecule has 1 rings (SSSR count). The second-order valence-electron chi connectivity index (χ2n) is 3.47. The van der Waals surface area contributed by atoms with Crippen molar-refractivity contribution in [1.82, 2.24) is 4.98 Å². The van der Waals surface area contributed by atoms with Crippen molar-refractivity contribution >= 4 is 11.3 Å². The molecule has 0 amide bonds. The van der Waals surface area contributed by atoms with Gasteiger partial charge in [0.1, 0.15) is 0 Å². The molecule has 0 aromatic carbocycles. The van der Waals surface area contributed by atoms with Crippen LogP contribution in [0.4, 0.5) is 0 Å². The summed E-state index contributed by atoms with van der Waals surface area (Å²) in [5.41, 5.74) is 6.82. The van der Waals surface area contributed by atoms with Gasteiger partial charge in [-0.3, -0.25) is 0 Å². The minimum atomic E-state index is 0.768. The molecule has 0 aliphatic carbocycles. The minimum absolute atomic E-state index is 0.768. The number of hydrogen-bond donors (Lipinski definition) is 1. The van der Waals surface area contributed by atoms with Crippen LogP contribution in [0.5, 0.6) is 0 Å². The van der Waals surface area contributed by atoms with Crippen molar-refractivity contribution in [2.24, 2.45) is 5.73 Å². The summed E-state index contributed by atoms with van der Waals surface area (Å²) in [7, 11) is 0. The predicted octanol–water partition coefficient (Wildman–Crippen LogP) is 2.55. The van der Waals surface area contributed by atoms with Crippen LogP contribution in [0.25, 0.3) is 0 Å². The zero-order valence-electron chi connectivity index (χ0n) is 9.18. The van der Waals surface area contributed by atoms with Gasteiger partial charge in [-0.15, -0.1) is 11.3 Å². The standard InChI is InChI=1S/C11H20N2S/c1-3-6-9-10(4-2)14-11(13-9)7-5-8-12/h3-8,12H2,1-2H3. The van der Waals surface area contributed by atoms with Crippen LogP contribution in [-0.4, -0.2) is 11.5 Å². The predicted molar refractivity (Wildman–Crippen MR) is 62.9 cm³/mol. The van der Waals surface area contributed by atoms with E-state index in [1.54, 1.807) is 0 Å². The van der Waals surface area contributed by atoms with Crippen molar-refractivity contribution in [2.75, 3.05) is 6.54 Å². The summed E-state index contributed by atoms with van der Waals surface area (Å²) in [4.78, 5) is 6.14. The number of rotatable bonds is 6. The quantitative estimate of drug-likeness (QED) is 0.787. The average molecular weight is 212 g/mol. The highest BCUT2D eigenvalue weighted by Gasteiger charge is 2.08. The smallest absolute Gasteiger partial charge is 0.0931 e. The van der Waals surface area contributed by atoms with E-state index in [0.717, 1.165) is 32.2 Å². The first-order chi connectivity index (χ1) is 6.81. The fourth-order valence-corrected chi connectivity index (χ4v) is 2.60. The molecule has 0 unspecified atom stereocenters. The van der Waals surface area contributed by atoms with Gasteiger partial charge in [0, 0.05) is 11.3 Å². The lowest BCUT2D eigenvalue weighted by atomic mass is 10.2. The Labute approximate surface area is 90.6 Å². The highest BCUT2D eigenvalue weighted by atomic mass is 32.1. The van der Waals surface area contributed by atoms with Crippen LogP contribution in [0.2, 0.25) is 0 Å². The lowest BCUT2D eigenvalue weighted by Crippen LogP contribution is -2.00. The van der Waals surface area contributed by atoms with Gasteiger partial charge in [-0.25, -0.2) is 4.98 Å². The highest BCUT2D eigenvalue weighted by Crippen LogP contribution is 2.21. The molecule has 0 saturated heterocycles. The number of nitrogens with two attached hydrogens (primary N) is 1. The Kier molecular flexibility index (Phi) is 5.12. The number of aryl methyl sites for hydroxylation is 3. The molecule has 0 fully saturated rings. The fourth-order valence-electron chi connectivity index (χ4n) is 1.51. The lowest BCUT2D eigenvalue weighted by Gasteiger charge is -1.94. The Morgan fingerprint density at radius 3 is 2.64 bits per heavy atom. The van der Waals surface area contributed by atoms with Crippen molar-refractivity contribution in [1.29, 1.82) is 0 Å². The second kappa shape index (κ2) is 6.14. The van der Waals surface area contributed by atoms with Crippen LogP contribution < -0.4 is 5.73 Å². The molecule has 0 atom stereocenters. The molecular weight excluding hydrogens is 192 g/mol. The maximum absolute atomic E-state index is 5.49. The third kappa shape index (κ3) is 3.07. The highest BCUT2D eigenvalue weighted by molar-refractivity contribution is 7.11. The van der Waals surface area contributed by atoms with E-state index in [9.17, 15) is 0 Å². The first-order valence-corrected chi connectivity index (χ1v) is 6.31. The van der Waals surface area contributed by atoms with Crippen molar-refractivity contribution in [3.63, 3.8) is 0 Å². The molecule has 0 aliphatic heterocycles. The lowest BCUT2D eigenvalue weighted by molar-refractivity contribution is 0.809. The van der Waals surface area contributed by atoms with Gasteiger partial charge in [-0.1, -0.05) is 20.3 Å². The van der Waals surface area contributed by atoms with Gasteiger partial charge in [0.2, 0.25) is 0 Å². The molecule has 80 valence electrons. The Hall–Kier alpha value is -0.410. The Balaban J connectivity index is 2.67. The summed E-state index contributed by atoms with van der Waals surface area (Å²) in [6.45, 7) is 5.18. The number of nitrogens with zero attached hydrogens (tertiary/aromatic N) is 1. The molecule has 1 heterocycles. The summed E-state index contributed by atoms with van der Waals surface area (Å²) in [6, 6.07) is 0. The van der Waals surface area contributed by atoms with E-state index in [1.165, 1.54) is 22.0 Å². The summed E-state index contributed by atoms with van der Waals surface area (Å²) >= 11 is 1.87. The van der Waals surface area contributed by atoms with Crippen molar-refractivity contribution in [3.05, 3.63) is 15.6 Å². The van der Waals surface area contributed by atoms with Gasteiger partial charge >= 0.3 is 0 Å². The molecule has 0 bridgehead atoms. The van der Waals surface area contributed by atoms with Gasteiger partial charge in [-0.2, -0.15) is 0 Å². The third-order valence-electron chi connectivity index (χ3n) is 2.23. The molecule has 2 N–H and O–H groups in total. The normalized spacial score (nSPS) is 10.8. The maximum Gasteiger partial charge on any atom is 0.0931 e. The van der Waals surface area contributed by atoms with Crippen LogP contribution in [-0.2, 0) is 19.3 Å². The molecule has 0 saturated carbocycles. The van der Waals surface area contributed by atoms with Crippen LogP contribution in [0.15, 0.2) is 0 Å². The molecule has 3 heteroatoms. The molecule has 0 aliphatic rings. The van der Waals surface area contributed by atoms with E-state index < -0.39 is 0 Å². The van der Waals surface area contributed by atoms with Crippen LogP contribution in [0.3, 0.4) is 0 Å². The number of thiazole rings is 1. The van der Waals surface area contributed by atoms with Gasteiger partial charge < -0.3 is 5.73 Å². The average Bonchev–Trinajstić information content (AvgIpc) is 2.58. The largest absolute Gasteiger partial charge is 0.330 e. The van der Waals surface area contributed by atoms with E-state index in [1.807, 2.05) is 11.3 Å². The number of hydrogen-bond acceptors (Lipinski definition) is 3. The molecule has 1 aromatic rings. The molecule has 0 spiro atoms. The van der Waals surface area contributed by atoms with Gasteiger partial charge in [0.25, 0.3) is 0 Å². The van der Waals surface area contributed by atoms with Gasteiger partial charge in [0.15, 0.2) is 0 Å². The van der Waals surface area contributed by atoms with Crippen molar-refractivity contribution in [3.8, 4) is 0 Å². The zero-order chi connectivity index (χ0) is 10.4. The molecule has 2 nitrogen and oxygen atoms in total. The fraction of sp³-hybridized carbons (Fsp3) is 0.727. The number of aromatic nitrogens is 1. The second-order valence-corrected chi connectivity index (χ2v) is 4.64. The summed E-state index contributed by atoms with van der Waals surface area (Å²) < 4.78 is 0. The molecule has 1 aromatic heterocycles. The van der Waals surface area contributed by atoms with Crippen molar-refractivity contribution in [2.45, 2.75) is 46.0 Å². The zero-order valence-corrected chi connectivity index (χ0v) is 9.99. The van der Waals surface area contributed by atoms with Gasteiger partial charge in [-0.05, 0) is 25.8 Å². The Bertz CT molecular complexity index is 268.